The predicted octanol–water partition coefficient (Wildman–Crippen LogP) is 4.42. The highest BCUT2D eigenvalue weighted by Gasteiger charge is 2.47. The van der Waals surface area contributed by atoms with E-state index in [0.717, 1.165) is 5.56 Å². The van der Waals surface area contributed by atoms with Crippen molar-refractivity contribution < 1.29 is 19.4 Å². The number of aryl methyl sites for hydroxylation is 1. The average molecular weight is 414 g/mol. The molecular formula is C25H22N2O4. The molecule has 0 spiro atoms. The quantitative estimate of drug-likeness (QED) is 0.380. The van der Waals surface area contributed by atoms with E-state index in [2.05, 4.69) is 4.98 Å². The number of aliphatic hydroxyl groups is 1. The Hall–Kier alpha value is -3.93. The van der Waals surface area contributed by atoms with Crippen LogP contribution >= 0.6 is 0 Å². The lowest BCUT2D eigenvalue weighted by atomic mass is 9.95. The van der Waals surface area contributed by atoms with E-state index >= 15 is 0 Å². The third kappa shape index (κ3) is 3.68. The summed E-state index contributed by atoms with van der Waals surface area (Å²) in [6.45, 7) is 4.29. The molecule has 2 heterocycles. The summed E-state index contributed by atoms with van der Waals surface area (Å²) in [5.74, 6) is -0.968. The van der Waals surface area contributed by atoms with Gasteiger partial charge in [0.25, 0.3) is 11.7 Å². The van der Waals surface area contributed by atoms with Crippen molar-refractivity contribution >= 4 is 23.1 Å². The summed E-state index contributed by atoms with van der Waals surface area (Å²) in [7, 11) is 0. The largest absolute Gasteiger partial charge is 0.507 e. The molecule has 1 aliphatic heterocycles. The SMILES string of the molecule is CCOc1ccc(/C(O)=C2\C(=O)C(=O)N(c3ccccc3C)C2c2ccncc2)cc1. The van der Waals surface area contributed by atoms with Crippen LogP contribution in [0.5, 0.6) is 5.75 Å². The van der Waals surface area contributed by atoms with Crippen LogP contribution in [0.25, 0.3) is 5.76 Å². The van der Waals surface area contributed by atoms with Crippen LogP contribution in [-0.4, -0.2) is 28.4 Å². The highest BCUT2D eigenvalue weighted by Crippen LogP contribution is 2.42. The highest BCUT2D eigenvalue weighted by molar-refractivity contribution is 6.51. The van der Waals surface area contributed by atoms with Crippen LogP contribution in [0.3, 0.4) is 0 Å². The van der Waals surface area contributed by atoms with Crippen molar-refractivity contribution in [3.05, 3.63) is 95.3 Å². The first-order chi connectivity index (χ1) is 15.0. The Kier molecular flexibility index (Phi) is 5.54. The number of aliphatic hydroxyl groups excluding tert-OH is 1. The molecule has 0 bridgehead atoms. The van der Waals surface area contributed by atoms with Gasteiger partial charge in [-0.3, -0.25) is 19.5 Å². The highest BCUT2D eigenvalue weighted by atomic mass is 16.5. The molecule has 1 saturated heterocycles. The Balaban J connectivity index is 1.89. The number of ketones is 1. The van der Waals surface area contributed by atoms with E-state index in [4.69, 9.17) is 4.74 Å². The standard InChI is InChI=1S/C25H22N2O4/c1-3-31-19-10-8-18(9-11-19)23(28)21-22(17-12-14-26-15-13-17)27(25(30)24(21)29)20-7-5-4-6-16(20)2/h4-15,22,28H,3H2,1-2H3/b23-21+. The van der Waals surface area contributed by atoms with Crippen LogP contribution in [0.2, 0.25) is 0 Å². The number of hydrogen-bond acceptors (Lipinski definition) is 5. The average Bonchev–Trinajstić information content (AvgIpc) is 3.05. The minimum absolute atomic E-state index is 0.0450. The fourth-order valence-electron chi connectivity index (χ4n) is 3.81. The third-order valence-corrected chi connectivity index (χ3v) is 5.28. The number of ether oxygens (including phenoxy) is 1. The lowest BCUT2D eigenvalue weighted by molar-refractivity contribution is -0.132. The molecule has 2 aromatic carbocycles. The molecule has 0 radical (unpaired) electrons. The van der Waals surface area contributed by atoms with Gasteiger partial charge in [0.2, 0.25) is 0 Å². The maximum absolute atomic E-state index is 13.1. The van der Waals surface area contributed by atoms with Crippen LogP contribution in [0.1, 0.15) is 29.7 Å². The zero-order valence-corrected chi connectivity index (χ0v) is 17.3. The van der Waals surface area contributed by atoms with Crippen molar-refractivity contribution in [1.29, 1.82) is 0 Å². The van der Waals surface area contributed by atoms with Crippen LogP contribution in [0.15, 0.2) is 78.6 Å². The number of benzene rings is 2. The van der Waals surface area contributed by atoms with Gasteiger partial charge in [-0.2, -0.15) is 0 Å². The zero-order valence-electron chi connectivity index (χ0n) is 17.3. The molecule has 1 N–H and O–H groups in total. The van der Waals surface area contributed by atoms with Crippen molar-refractivity contribution in [1.82, 2.24) is 4.98 Å². The summed E-state index contributed by atoms with van der Waals surface area (Å²) in [6.07, 6.45) is 3.20. The lowest BCUT2D eigenvalue weighted by Gasteiger charge is -2.26. The van der Waals surface area contributed by atoms with E-state index < -0.39 is 17.7 Å². The summed E-state index contributed by atoms with van der Waals surface area (Å²) in [5, 5.41) is 11.1. The first kappa shape index (κ1) is 20.3. The summed E-state index contributed by atoms with van der Waals surface area (Å²) >= 11 is 0. The van der Waals surface area contributed by atoms with Crippen LogP contribution in [0.4, 0.5) is 5.69 Å². The smallest absolute Gasteiger partial charge is 0.300 e. The van der Waals surface area contributed by atoms with Crippen molar-refractivity contribution in [3.63, 3.8) is 0 Å². The minimum Gasteiger partial charge on any atom is -0.507 e. The monoisotopic (exact) mass is 414 g/mol. The number of anilines is 1. The van der Waals surface area contributed by atoms with Gasteiger partial charge in [0, 0.05) is 23.6 Å². The molecule has 0 aliphatic carbocycles. The minimum atomic E-state index is -0.768. The number of hydrogen-bond donors (Lipinski definition) is 1. The van der Waals surface area contributed by atoms with Gasteiger partial charge < -0.3 is 9.84 Å². The normalized spacial score (nSPS) is 17.7. The molecule has 6 heteroatoms. The first-order valence-electron chi connectivity index (χ1n) is 10.0. The summed E-state index contributed by atoms with van der Waals surface area (Å²) < 4.78 is 5.45. The zero-order chi connectivity index (χ0) is 22.0. The number of aromatic nitrogens is 1. The number of carbonyl (C=O) groups excluding carboxylic acids is 2. The lowest BCUT2D eigenvalue weighted by Crippen LogP contribution is -2.30. The fourth-order valence-corrected chi connectivity index (χ4v) is 3.81. The molecule has 4 rings (SSSR count). The summed E-state index contributed by atoms with van der Waals surface area (Å²) in [5.41, 5.74) is 2.64. The topological polar surface area (TPSA) is 79.7 Å². The Morgan fingerprint density at radius 2 is 1.71 bits per heavy atom. The van der Waals surface area contributed by atoms with Crippen molar-refractivity contribution in [2.24, 2.45) is 0 Å². The van der Waals surface area contributed by atoms with E-state index in [1.807, 2.05) is 32.0 Å². The van der Waals surface area contributed by atoms with Gasteiger partial charge in [-0.15, -0.1) is 0 Å². The second kappa shape index (κ2) is 8.44. The second-order valence-corrected chi connectivity index (χ2v) is 7.19. The van der Waals surface area contributed by atoms with Gasteiger partial charge in [-0.25, -0.2) is 0 Å². The maximum Gasteiger partial charge on any atom is 0.300 e. The van der Waals surface area contributed by atoms with E-state index in [0.29, 0.717) is 29.2 Å². The van der Waals surface area contributed by atoms with Crippen molar-refractivity contribution in [2.75, 3.05) is 11.5 Å². The molecule has 1 fully saturated rings. The second-order valence-electron chi connectivity index (χ2n) is 7.19. The number of nitrogens with zero attached hydrogens (tertiary/aromatic N) is 2. The molecule has 156 valence electrons. The number of amides is 1. The molecule has 6 nitrogen and oxygen atoms in total. The van der Waals surface area contributed by atoms with E-state index in [1.54, 1.807) is 54.9 Å². The number of carbonyl (C=O) groups is 2. The Bertz CT molecular complexity index is 1150. The van der Waals surface area contributed by atoms with Crippen LogP contribution in [0, 0.1) is 6.92 Å². The van der Waals surface area contributed by atoms with Gasteiger partial charge in [-0.05, 0) is 67.4 Å². The Labute approximate surface area is 180 Å². The Morgan fingerprint density at radius 1 is 1.03 bits per heavy atom. The predicted molar refractivity (Wildman–Crippen MR) is 118 cm³/mol. The van der Waals surface area contributed by atoms with Gasteiger partial charge in [0.15, 0.2) is 0 Å². The number of Topliss-reactive ketones (excluding diaryl/α,β-unsaturated/α-hetero) is 1. The summed E-state index contributed by atoms with van der Waals surface area (Å²) in [4.78, 5) is 31.7. The number of rotatable bonds is 5. The number of para-hydroxylation sites is 1. The molecule has 0 saturated carbocycles. The number of pyridine rings is 1. The maximum atomic E-state index is 13.1. The van der Waals surface area contributed by atoms with E-state index in [1.165, 1.54) is 4.90 Å². The third-order valence-electron chi connectivity index (χ3n) is 5.28. The van der Waals surface area contributed by atoms with Crippen LogP contribution in [-0.2, 0) is 9.59 Å². The molecule has 1 atom stereocenters. The Morgan fingerprint density at radius 3 is 2.35 bits per heavy atom. The van der Waals surface area contributed by atoms with E-state index in [-0.39, 0.29) is 11.3 Å². The molecular weight excluding hydrogens is 392 g/mol. The summed E-state index contributed by atoms with van der Waals surface area (Å²) in [6, 6.07) is 16.9. The van der Waals surface area contributed by atoms with Gasteiger partial charge in [0.1, 0.15) is 11.5 Å². The fraction of sp³-hybridized carbons (Fsp3) is 0.160. The van der Waals surface area contributed by atoms with E-state index in [9.17, 15) is 14.7 Å². The van der Waals surface area contributed by atoms with Gasteiger partial charge >= 0.3 is 0 Å². The van der Waals surface area contributed by atoms with Crippen LogP contribution < -0.4 is 9.64 Å². The van der Waals surface area contributed by atoms with Crippen molar-refractivity contribution in [3.8, 4) is 5.75 Å². The van der Waals surface area contributed by atoms with Gasteiger partial charge in [0.05, 0.1) is 18.2 Å². The molecule has 31 heavy (non-hydrogen) atoms. The molecule has 3 aromatic rings. The molecule has 1 amide bonds. The van der Waals surface area contributed by atoms with Crippen molar-refractivity contribution in [2.45, 2.75) is 19.9 Å². The molecule has 1 unspecified atom stereocenters. The first-order valence-corrected chi connectivity index (χ1v) is 10.0. The molecule has 1 aromatic heterocycles. The van der Waals surface area contributed by atoms with Gasteiger partial charge in [-0.1, -0.05) is 18.2 Å². The molecule has 1 aliphatic rings.